The Morgan fingerprint density at radius 3 is 2.80 bits per heavy atom. The lowest BCUT2D eigenvalue weighted by Gasteiger charge is -2.21. The summed E-state index contributed by atoms with van der Waals surface area (Å²) in [5.41, 5.74) is 3.72. The lowest BCUT2D eigenvalue weighted by atomic mass is 9.90. The van der Waals surface area contributed by atoms with Crippen LogP contribution in [0.15, 0.2) is 60.1 Å². The number of nitrogens with zero attached hydrogens (tertiary/aromatic N) is 1. The van der Waals surface area contributed by atoms with Crippen molar-refractivity contribution in [2.24, 2.45) is 5.92 Å². The van der Waals surface area contributed by atoms with E-state index in [2.05, 4.69) is 10.3 Å². The Labute approximate surface area is 150 Å². The molecule has 0 fully saturated rings. The maximum atomic E-state index is 12.7. The number of nitrogens with one attached hydrogen (secondary N) is 1. The number of anilines is 1. The van der Waals surface area contributed by atoms with Crippen molar-refractivity contribution in [3.63, 3.8) is 0 Å². The highest BCUT2D eigenvalue weighted by atomic mass is 32.1. The van der Waals surface area contributed by atoms with Crippen molar-refractivity contribution in [2.75, 3.05) is 5.32 Å². The summed E-state index contributed by atoms with van der Waals surface area (Å²) in [5.74, 6) is 1.42. The highest BCUT2D eigenvalue weighted by Crippen LogP contribution is 2.32. The van der Waals surface area contributed by atoms with Crippen molar-refractivity contribution in [2.45, 2.75) is 19.3 Å². The van der Waals surface area contributed by atoms with Gasteiger partial charge in [0, 0.05) is 10.8 Å². The number of amides is 1. The minimum absolute atomic E-state index is 0.0160. The largest absolute Gasteiger partial charge is 0.455 e. The number of hydrogen-bond acceptors (Lipinski definition) is 4. The molecule has 4 nitrogen and oxygen atoms in total. The number of aromatic nitrogens is 1. The van der Waals surface area contributed by atoms with Crippen molar-refractivity contribution in [1.29, 1.82) is 0 Å². The Morgan fingerprint density at radius 1 is 1.12 bits per heavy atom. The number of thiazole rings is 1. The number of benzene rings is 2. The van der Waals surface area contributed by atoms with Gasteiger partial charge in [-0.1, -0.05) is 30.3 Å². The summed E-state index contributed by atoms with van der Waals surface area (Å²) in [4.78, 5) is 18.3. The molecule has 0 saturated heterocycles. The van der Waals surface area contributed by atoms with Gasteiger partial charge in [-0.05, 0) is 43.5 Å². The third-order valence-electron chi connectivity index (χ3n) is 4.37. The fraction of sp³-hybridized carbons (Fsp3) is 0.200. The van der Waals surface area contributed by atoms with E-state index in [9.17, 15) is 4.79 Å². The van der Waals surface area contributed by atoms with Crippen LogP contribution in [0.4, 0.5) is 5.69 Å². The third-order valence-corrected chi connectivity index (χ3v) is 5.27. The fourth-order valence-electron chi connectivity index (χ4n) is 3.03. The molecule has 1 amide bonds. The van der Waals surface area contributed by atoms with Crippen LogP contribution in [0.1, 0.15) is 17.0 Å². The molecule has 1 aromatic heterocycles. The van der Waals surface area contributed by atoms with Crippen LogP contribution >= 0.6 is 11.3 Å². The van der Waals surface area contributed by atoms with E-state index < -0.39 is 0 Å². The Morgan fingerprint density at radius 2 is 1.92 bits per heavy atom. The lowest BCUT2D eigenvalue weighted by molar-refractivity contribution is -0.120. The zero-order chi connectivity index (χ0) is 17.1. The van der Waals surface area contributed by atoms with E-state index in [1.165, 1.54) is 4.88 Å². The van der Waals surface area contributed by atoms with Crippen molar-refractivity contribution in [3.05, 3.63) is 70.7 Å². The molecule has 0 aliphatic heterocycles. The number of carbonyl (C=O) groups is 1. The van der Waals surface area contributed by atoms with E-state index in [1.54, 1.807) is 11.3 Å². The second-order valence-corrected chi connectivity index (χ2v) is 7.00. The molecular formula is C20H18N2O2S. The molecule has 126 valence electrons. The maximum absolute atomic E-state index is 12.7. The average molecular weight is 350 g/mol. The SMILES string of the molecule is O=C(Nc1ccccc1Oc1ccccc1)C1CCc2ncsc2C1. The summed E-state index contributed by atoms with van der Waals surface area (Å²) < 4.78 is 5.92. The number of hydrogen-bond donors (Lipinski definition) is 1. The standard InChI is InChI=1S/C20H18N2O2S/c23-20(14-10-11-17-19(12-14)25-13-21-17)22-16-8-4-5-9-18(16)24-15-6-2-1-3-7-15/h1-9,13-14H,10-12H2,(H,22,23). The van der Waals surface area contributed by atoms with E-state index >= 15 is 0 Å². The molecule has 0 saturated carbocycles. The van der Waals surface area contributed by atoms with E-state index in [0.717, 1.165) is 30.7 Å². The van der Waals surface area contributed by atoms with Crippen LogP contribution in [-0.2, 0) is 17.6 Å². The first kappa shape index (κ1) is 15.8. The number of carbonyl (C=O) groups excluding carboxylic acids is 1. The zero-order valence-electron chi connectivity index (χ0n) is 13.6. The summed E-state index contributed by atoms with van der Waals surface area (Å²) in [6.07, 6.45) is 2.48. The van der Waals surface area contributed by atoms with Gasteiger partial charge in [0.05, 0.1) is 16.9 Å². The molecule has 1 atom stereocenters. The highest BCUT2D eigenvalue weighted by Gasteiger charge is 2.26. The molecule has 0 spiro atoms. The topological polar surface area (TPSA) is 51.2 Å². The minimum Gasteiger partial charge on any atom is -0.455 e. The van der Waals surface area contributed by atoms with Crippen molar-refractivity contribution in [3.8, 4) is 11.5 Å². The van der Waals surface area contributed by atoms with Gasteiger partial charge in [0.2, 0.25) is 5.91 Å². The van der Waals surface area contributed by atoms with Gasteiger partial charge in [-0.15, -0.1) is 11.3 Å². The van der Waals surface area contributed by atoms with Crippen molar-refractivity contribution < 1.29 is 9.53 Å². The first-order valence-corrected chi connectivity index (χ1v) is 9.21. The summed E-state index contributed by atoms with van der Waals surface area (Å²) in [5, 5.41) is 3.04. The van der Waals surface area contributed by atoms with Crippen LogP contribution < -0.4 is 10.1 Å². The quantitative estimate of drug-likeness (QED) is 0.743. The maximum Gasteiger partial charge on any atom is 0.227 e. The Bertz CT molecular complexity index is 876. The van der Waals surface area contributed by atoms with E-state index in [0.29, 0.717) is 11.4 Å². The van der Waals surface area contributed by atoms with Gasteiger partial charge in [0.25, 0.3) is 0 Å². The molecule has 1 heterocycles. The van der Waals surface area contributed by atoms with Crippen LogP contribution in [0.5, 0.6) is 11.5 Å². The molecule has 3 aromatic rings. The van der Waals surface area contributed by atoms with Crippen LogP contribution in [0, 0.1) is 5.92 Å². The minimum atomic E-state index is -0.0160. The normalized spacial score (nSPS) is 16.1. The second-order valence-electron chi connectivity index (χ2n) is 6.06. The molecule has 2 aromatic carbocycles. The molecule has 0 bridgehead atoms. The van der Waals surface area contributed by atoms with Crippen molar-refractivity contribution >= 4 is 22.9 Å². The molecule has 1 aliphatic rings. The molecular weight excluding hydrogens is 332 g/mol. The molecule has 1 unspecified atom stereocenters. The molecule has 25 heavy (non-hydrogen) atoms. The van der Waals surface area contributed by atoms with Gasteiger partial charge in [-0.2, -0.15) is 0 Å². The highest BCUT2D eigenvalue weighted by molar-refractivity contribution is 7.09. The number of fused-ring (bicyclic) bond motifs is 1. The van der Waals surface area contributed by atoms with Gasteiger partial charge in [-0.3, -0.25) is 4.79 Å². The Kier molecular flexibility index (Phi) is 4.48. The monoisotopic (exact) mass is 350 g/mol. The molecule has 4 rings (SSSR count). The van der Waals surface area contributed by atoms with Gasteiger partial charge in [-0.25, -0.2) is 4.98 Å². The molecule has 5 heteroatoms. The van der Waals surface area contributed by atoms with E-state index in [1.807, 2.05) is 60.1 Å². The van der Waals surface area contributed by atoms with Crippen LogP contribution in [0.3, 0.4) is 0 Å². The number of para-hydroxylation sites is 3. The van der Waals surface area contributed by atoms with Gasteiger partial charge >= 0.3 is 0 Å². The van der Waals surface area contributed by atoms with E-state index in [4.69, 9.17) is 4.74 Å². The second kappa shape index (κ2) is 7.07. The van der Waals surface area contributed by atoms with Gasteiger partial charge < -0.3 is 10.1 Å². The average Bonchev–Trinajstić information content (AvgIpc) is 3.12. The van der Waals surface area contributed by atoms with Crippen LogP contribution in [-0.4, -0.2) is 10.9 Å². The zero-order valence-corrected chi connectivity index (χ0v) is 14.5. The predicted octanol–water partition coefficient (Wildman–Crippen LogP) is 4.68. The molecule has 0 radical (unpaired) electrons. The number of aryl methyl sites for hydroxylation is 1. The van der Waals surface area contributed by atoms with Crippen molar-refractivity contribution in [1.82, 2.24) is 4.98 Å². The summed E-state index contributed by atoms with van der Waals surface area (Å²) in [7, 11) is 0. The molecule has 1 N–H and O–H groups in total. The Hall–Kier alpha value is -2.66. The first-order chi connectivity index (χ1) is 12.3. The lowest BCUT2D eigenvalue weighted by Crippen LogP contribution is -2.27. The summed E-state index contributed by atoms with van der Waals surface area (Å²) in [6.45, 7) is 0. The smallest absolute Gasteiger partial charge is 0.227 e. The number of rotatable bonds is 4. The summed E-state index contributed by atoms with van der Waals surface area (Å²) in [6, 6.07) is 17.1. The van der Waals surface area contributed by atoms with Crippen LogP contribution in [0.25, 0.3) is 0 Å². The first-order valence-electron chi connectivity index (χ1n) is 8.33. The van der Waals surface area contributed by atoms with Gasteiger partial charge in [0.15, 0.2) is 5.75 Å². The fourth-order valence-corrected chi connectivity index (χ4v) is 3.93. The van der Waals surface area contributed by atoms with E-state index in [-0.39, 0.29) is 11.8 Å². The number of ether oxygens (including phenoxy) is 1. The Balaban J connectivity index is 1.48. The predicted molar refractivity (Wildman–Crippen MR) is 99.2 cm³/mol. The third kappa shape index (κ3) is 3.56. The summed E-state index contributed by atoms with van der Waals surface area (Å²) >= 11 is 1.64. The van der Waals surface area contributed by atoms with Crippen LogP contribution in [0.2, 0.25) is 0 Å². The van der Waals surface area contributed by atoms with Gasteiger partial charge in [0.1, 0.15) is 5.75 Å². The molecule has 1 aliphatic carbocycles.